The topological polar surface area (TPSA) is 206 Å². The van der Waals surface area contributed by atoms with Gasteiger partial charge in [-0.15, -0.1) is 0 Å². The van der Waals surface area contributed by atoms with E-state index in [4.69, 9.17) is 16.2 Å². The summed E-state index contributed by atoms with van der Waals surface area (Å²) in [5, 5.41) is 17.6. The minimum absolute atomic E-state index is 0.0973. The number of benzene rings is 1. The van der Waals surface area contributed by atoms with Crippen molar-refractivity contribution in [1.29, 1.82) is 0 Å². The average Bonchev–Trinajstić information content (AvgIpc) is 2.97. The van der Waals surface area contributed by atoms with Crippen molar-refractivity contribution in [2.24, 2.45) is 11.5 Å². The van der Waals surface area contributed by atoms with Crippen LogP contribution in [-0.2, 0) is 35.1 Å². The highest BCUT2D eigenvalue weighted by molar-refractivity contribution is 5.90. The van der Waals surface area contributed by atoms with E-state index in [-0.39, 0.29) is 30.8 Å². The third kappa shape index (κ3) is 11.0. The maximum absolute atomic E-state index is 14.0. The minimum atomic E-state index is -1.43. The van der Waals surface area contributed by atoms with Crippen molar-refractivity contribution < 1.29 is 33.8 Å². The number of unbranched alkanes of at least 4 members (excludes halogenated alkanes) is 1. The number of carbonyl (C=O) groups is 5. The standard InChI is InChI=1S/C29H46N6O7/c1-32-21(17-19-9-4-3-5-10-19)27(38)34-20(11-6-7-15-30)28(39)35-16-8-12-24(42-2)23(35)13-14-26(37)33-22(29(40)41)18-25(31)36/h3-5,9-10,20-24,32H,6-8,11-18,30H2,1-2H3,(H2,31,36)(H,33,37)(H,34,38)(H,40,41)/t20-,21+,22-,23-,24-/m0/s1. The number of rotatable bonds is 18. The predicted molar refractivity (Wildman–Crippen MR) is 156 cm³/mol. The summed E-state index contributed by atoms with van der Waals surface area (Å²) < 4.78 is 5.68. The number of carbonyl (C=O) groups excluding carboxylic acids is 4. The van der Waals surface area contributed by atoms with Crippen LogP contribution in [0.3, 0.4) is 0 Å². The number of ether oxygens (including phenoxy) is 1. The molecular weight excluding hydrogens is 544 g/mol. The maximum Gasteiger partial charge on any atom is 0.326 e. The van der Waals surface area contributed by atoms with Gasteiger partial charge in [0, 0.05) is 20.1 Å². The van der Waals surface area contributed by atoms with Gasteiger partial charge in [-0.3, -0.25) is 19.2 Å². The van der Waals surface area contributed by atoms with Gasteiger partial charge in [-0.1, -0.05) is 30.3 Å². The number of amides is 4. The number of aliphatic carboxylic acids is 1. The lowest BCUT2D eigenvalue weighted by Gasteiger charge is -2.42. The van der Waals surface area contributed by atoms with Crippen molar-refractivity contribution in [3.05, 3.63) is 35.9 Å². The van der Waals surface area contributed by atoms with Gasteiger partial charge in [0.2, 0.25) is 23.6 Å². The number of nitrogens with one attached hydrogen (secondary N) is 3. The third-order valence-corrected chi connectivity index (χ3v) is 7.52. The Morgan fingerprint density at radius 1 is 1.07 bits per heavy atom. The third-order valence-electron chi connectivity index (χ3n) is 7.52. The van der Waals surface area contributed by atoms with Crippen molar-refractivity contribution in [2.45, 2.75) is 88.1 Å². The lowest BCUT2D eigenvalue weighted by Crippen LogP contribution is -2.59. The van der Waals surface area contributed by atoms with Crippen LogP contribution < -0.4 is 27.4 Å². The van der Waals surface area contributed by atoms with Crippen LogP contribution in [0.5, 0.6) is 0 Å². The Labute approximate surface area is 247 Å². The zero-order valence-corrected chi connectivity index (χ0v) is 24.6. The Morgan fingerprint density at radius 3 is 2.38 bits per heavy atom. The summed E-state index contributed by atoms with van der Waals surface area (Å²) >= 11 is 0. The van der Waals surface area contributed by atoms with E-state index in [0.29, 0.717) is 51.6 Å². The normalized spacial score (nSPS) is 18.9. The molecule has 1 heterocycles. The summed E-state index contributed by atoms with van der Waals surface area (Å²) in [6.07, 6.45) is 2.78. The number of carboxylic acids is 1. The predicted octanol–water partition coefficient (Wildman–Crippen LogP) is -0.338. The lowest BCUT2D eigenvalue weighted by molar-refractivity contribution is -0.145. The van der Waals surface area contributed by atoms with E-state index in [9.17, 15) is 29.1 Å². The van der Waals surface area contributed by atoms with Gasteiger partial charge in [0.25, 0.3) is 0 Å². The molecule has 234 valence electrons. The van der Waals surface area contributed by atoms with Crippen LogP contribution >= 0.6 is 0 Å². The molecule has 1 aliphatic rings. The molecular formula is C29H46N6O7. The fourth-order valence-corrected chi connectivity index (χ4v) is 5.26. The first-order chi connectivity index (χ1) is 20.1. The van der Waals surface area contributed by atoms with Gasteiger partial charge in [0.1, 0.15) is 12.1 Å². The summed E-state index contributed by atoms with van der Waals surface area (Å²) in [4.78, 5) is 64.2. The molecule has 5 atom stereocenters. The highest BCUT2D eigenvalue weighted by atomic mass is 16.5. The average molecular weight is 591 g/mol. The zero-order valence-electron chi connectivity index (χ0n) is 24.6. The fourth-order valence-electron chi connectivity index (χ4n) is 5.26. The Bertz CT molecular complexity index is 1040. The van der Waals surface area contributed by atoms with Gasteiger partial charge >= 0.3 is 5.97 Å². The van der Waals surface area contributed by atoms with Gasteiger partial charge in [-0.05, 0) is 64.1 Å². The summed E-state index contributed by atoms with van der Waals surface area (Å²) in [5.41, 5.74) is 11.8. The molecule has 13 heteroatoms. The number of methoxy groups -OCH3 is 1. The van der Waals surface area contributed by atoms with E-state index in [1.807, 2.05) is 30.3 Å². The van der Waals surface area contributed by atoms with Gasteiger partial charge in [-0.25, -0.2) is 4.79 Å². The summed E-state index contributed by atoms with van der Waals surface area (Å²) in [6.45, 7) is 0.884. The van der Waals surface area contributed by atoms with Crippen LogP contribution in [0.25, 0.3) is 0 Å². The molecule has 0 spiro atoms. The van der Waals surface area contributed by atoms with Crippen molar-refractivity contribution in [1.82, 2.24) is 20.9 Å². The van der Waals surface area contributed by atoms with Crippen molar-refractivity contribution in [3.8, 4) is 0 Å². The first kappa shape index (κ1) is 34.7. The summed E-state index contributed by atoms with van der Waals surface area (Å²) in [7, 11) is 3.24. The summed E-state index contributed by atoms with van der Waals surface area (Å²) in [6, 6.07) is 6.34. The minimum Gasteiger partial charge on any atom is -0.480 e. The first-order valence-electron chi connectivity index (χ1n) is 14.5. The molecule has 42 heavy (non-hydrogen) atoms. The van der Waals surface area contributed by atoms with Gasteiger partial charge in [-0.2, -0.15) is 0 Å². The Balaban J connectivity index is 2.17. The Hall–Kier alpha value is -3.55. The van der Waals surface area contributed by atoms with E-state index in [2.05, 4.69) is 16.0 Å². The van der Waals surface area contributed by atoms with Crippen LogP contribution in [0, 0.1) is 0 Å². The van der Waals surface area contributed by atoms with Gasteiger partial charge < -0.3 is 42.2 Å². The highest BCUT2D eigenvalue weighted by Crippen LogP contribution is 2.25. The molecule has 1 fully saturated rings. The second kappa shape index (κ2) is 18.1. The summed E-state index contributed by atoms with van der Waals surface area (Å²) in [5.74, 6) is -3.35. The van der Waals surface area contributed by atoms with Crippen molar-refractivity contribution >= 4 is 29.6 Å². The maximum atomic E-state index is 14.0. The molecule has 0 saturated carbocycles. The van der Waals surface area contributed by atoms with Crippen LogP contribution in [0.1, 0.15) is 56.9 Å². The van der Waals surface area contributed by atoms with Crippen molar-refractivity contribution in [3.63, 3.8) is 0 Å². The molecule has 0 radical (unpaired) electrons. The molecule has 1 saturated heterocycles. The number of piperidine rings is 1. The monoisotopic (exact) mass is 590 g/mol. The van der Waals surface area contributed by atoms with Crippen molar-refractivity contribution in [2.75, 3.05) is 27.2 Å². The SMILES string of the molecule is CN[C@H](Cc1ccccc1)C(=O)N[C@@H](CCCCN)C(=O)N1CCC[C@H](OC)[C@@H]1CCC(=O)N[C@@H](CC(N)=O)C(=O)O. The number of likely N-dealkylation sites (N-methyl/N-ethyl adjacent to an activating group) is 1. The number of hydrogen-bond donors (Lipinski definition) is 6. The molecule has 1 aliphatic heterocycles. The zero-order chi connectivity index (χ0) is 31.1. The van der Waals surface area contributed by atoms with E-state index in [0.717, 1.165) is 5.56 Å². The molecule has 8 N–H and O–H groups in total. The number of primary amides is 1. The second-order valence-electron chi connectivity index (χ2n) is 10.6. The van der Waals surface area contributed by atoms with Crippen LogP contribution in [0.15, 0.2) is 30.3 Å². The molecule has 1 aromatic rings. The van der Waals surface area contributed by atoms with E-state index < -0.39 is 48.4 Å². The molecule has 0 bridgehead atoms. The number of likely N-dealkylation sites (tertiary alicyclic amines) is 1. The molecule has 0 aromatic heterocycles. The smallest absolute Gasteiger partial charge is 0.326 e. The van der Waals surface area contributed by atoms with E-state index >= 15 is 0 Å². The quantitative estimate of drug-likeness (QED) is 0.124. The van der Waals surface area contributed by atoms with E-state index in [1.165, 1.54) is 0 Å². The highest BCUT2D eigenvalue weighted by Gasteiger charge is 2.38. The molecule has 2 rings (SSSR count). The molecule has 0 unspecified atom stereocenters. The van der Waals surface area contributed by atoms with E-state index in [1.54, 1.807) is 19.1 Å². The van der Waals surface area contributed by atoms with Crippen LogP contribution in [-0.4, -0.2) is 97.1 Å². The Morgan fingerprint density at radius 2 is 1.79 bits per heavy atom. The van der Waals surface area contributed by atoms with Gasteiger partial charge in [0.15, 0.2) is 0 Å². The first-order valence-corrected chi connectivity index (χ1v) is 14.5. The molecule has 13 nitrogen and oxygen atoms in total. The lowest BCUT2D eigenvalue weighted by atomic mass is 9.93. The molecule has 0 aliphatic carbocycles. The number of nitrogens with zero attached hydrogens (tertiary/aromatic N) is 1. The van der Waals surface area contributed by atoms with Gasteiger partial charge in [0.05, 0.1) is 24.6 Å². The van der Waals surface area contributed by atoms with Crippen LogP contribution in [0.4, 0.5) is 0 Å². The molecule has 1 aromatic carbocycles. The number of hydrogen-bond acceptors (Lipinski definition) is 8. The fraction of sp³-hybridized carbons (Fsp3) is 0.621. The molecule has 4 amide bonds. The largest absolute Gasteiger partial charge is 0.480 e. The number of carboxylic acid groups (broad SMARTS) is 1. The van der Waals surface area contributed by atoms with Crippen LogP contribution in [0.2, 0.25) is 0 Å². The Kier molecular flexibility index (Phi) is 14.9. The number of nitrogens with two attached hydrogens (primary N) is 2. The second-order valence-corrected chi connectivity index (χ2v) is 10.6.